The van der Waals surface area contributed by atoms with Gasteiger partial charge in [0.25, 0.3) is 6.43 Å². The molecule has 0 amide bonds. The summed E-state index contributed by atoms with van der Waals surface area (Å²) in [6.45, 7) is 5.24. The number of ether oxygens (including phenoxy) is 2. The molecule has 10 nitrogen and oxygen atoms in total. The van der Waals surface area contributed by atoms with Gasteiger partial charge in [-0.3, -0.25) is 4.90 Å². The summed E-state index contributed by atoms with van der Waals surface area (Å²) in [7, 11) is 0. The predicted octanol–water partition coefficient (Wildman–Crippen LogP) is 5.58. The third-order valence-electron chi connectivity index (χ3n) is 7.98. The molecule has 2 aliphatic heterocycles. The molecule has 1 N–H and O–H groups in total. The van der Waals surface area contributed by atoms with E-state index in [1.54, 1.807) is 24.4 Å². The maximum atomic E-state index is 14.3. The van der Waals surface area contributed by atoms with Crippen molar-refractivity contribution in [3.8, 4) is 17.3 Å². The Labute approximate surface area is 255 Å². The minimum atomic E-state index is -2.75. The van der Waals surface area contributed by atoms with E-state index in [1.165, 1.54) is 6.07 Å². The number of hydrogen-bond acceptors (Lipinski definition) is 8. The molecule has 6 heterocycles. The second-order valence-electron chi connectivity index (χ2n) is 11.0. The quantitative estimate of drug-likeness (QED) is 0.227. The lowest BCUT2D eigenvalue weighted by Crippen LogP contribution is -2.34. The fraction of sp³-hybridized carbons (Fsp3) is 0.367. The number of nitrogens with zero attached hydrogens (tertiary/aromatic N) is 7. The van der Waals surface area contributed by atoms with E-state index in [0.717, 1.165) is 48.6 Å². The van der Waals surface area contributed by atoms with Crippen LogP contribution in [0.3, 0.4) is 0 Å². The second-order valence-corrected chi connectivity index (χ2v) is 11.5. The number of imidazole rings is 1. The van der Waals surface area contributed by atoms with Crippen molar-refractivity contribution in [1.82, 2.24) is 39.6 Å². The van der Waals surface area contributed by atoms with Crippen LogP contribution in [0.4, 0.5) is 13.2 Å². The Balaban J connectivity index is 1.12. The van der Waals surface area contributed by atoms with Crippen LogP contribution < -0.4 is 4.74 Å². The number of aromatic amines is 1. The number of aromatic nitrogens is 7. The number of rotatable bonds is 9. The summed E-state index contributed by atoms with van der Waals surface area (Å²) in [5, 5.41) is 7.71. The molecule has 5 aromatic rings. The first kappa shape index (κ1) is 28.7. The molecule has 0 bridgehead atoms. The Morgan fingerprint density at radius 3 is 2.80 bits per heavy atom. The fourth-order valence-corrected chi connectivity index (χ4v) is 5.67. The number of H-pyrrole nitrogens is 1. The smallest absolute Gasteiger partial charge is 0.297 e. The molecular formula is C30H28ClF3N8O2. The zero-order chi connectivity index (χ0) is 30.4. The van der Waals surface area contributed by atoms with Crippen LogP contribution in [0, 0.1) is 12.7 Å². The summed E-state index contributed by atoms with van der Waals surface area (Å²) in [4.78, 5) is 19.2. The molecule has 1 fully saturated rings. The SMILES string of the molecule is Cc1cc2c(nc1OCc1ccc(Cl)cc1F)CN(Cc1nc3cc(-c4nnc(C(F)F)[nH]4)cnc3n1C[C@@H]1CCO1)CC2. The van der Waals surface area contributed by atoms with Crippen molar-refractivity contribution < 1.29 is 22.6 Å². The molecule has 7 rings (SSSR count). The number of aryl methyl sites for hydroxylation is 1. The molecule has 14 heteroatoms. The van der Waals surface area contributed by atoms with Gasteiger partial charge in [-0.2, -0.15) is 0 Å². The lowest BCUT2D eigenvalue weighted by Gasteiger charge is -2.30. The van der Waals surface area contributed by atoms with E-state index in [9.17, 15) is 13.2 Å². The van der Waals surface area contributed by atoms with Crippen LogP contribution in [0.1, 0.15) is 46.9 Å². The second kappa shape index (κ2) is 11.8. The van der Waals surface area contributed by atoms with Crippen LogP contribution in [-0.2, 0) is 37.4 Å². The Kier molecular flexibility index (Phi) is 7.69. The monoisotopic (exact) mass is 624 g/mol. The lowest BCUT2D eigenvalue weighted by atomic mass is 10.0. The third-order valence-corrected chi connectivity index (χ3v) is 8.21. The van der Waals surface area contributed by atoms with Crippen LogP contribution >= 0.6 is 11.6 Å². The predicted molar refractivity (Wildman–Crippen MR) is 155 cm³/mol. The van der Waals surface area contributed by atoms with Gasteiger partial charge in [0, 0.05) is 47.6 Å². The molecule has 44 heavy (non-hydrogen) atoms. The van der Waals surface area contributed by atoms with Crippen LogP contribution in [0.2, 0.25) is 5.02 Å². The van der Waals surface area contributed by atoms with Crippen LogP contribution in [0.5, 0.6) is 5.88 Å². The van der Waals surface area contributed by atoms with Crippen LogP contribution in [-0.4, -0.2) is 58.9 Å². The van der Waals surface area contributed by atoms with Crippen molar-refractivity contribution in [1.29, 1.82) is 0 Å². The number of nitrogens with one attached hydrogen (secondary N) is 1. The van der Waals surface area contributed by atoms with Crippen LogP contribution in [0.15, 0.2) is 36.5 Å². The van der Waals surface area contributed by atoms with Gasteiger partial charge in [-0.1, -0.05) is 17.7 Å². The van der Waals surface area contributed by atoms with Crippen molar-refractivity contribution in [3.05, 3.63) is 81.4 Å². The van der Waals surface area contributed by atoms with Gasteiger partial charge in [-0.05, 0) is 49.6 Å². The molecule has 2 aliphatic rings. The Morgan fingerprint density at radius 1 is 1.18 bits per heavy atom. The van der Waals surface area contributed by atoms with E-state index >= 15 is 0 Å². The Bertz CT molecular complexity index is 1840. The molecule has 0 aliphatic carbocycles. The lowest BCUT2D eigenvalue weighted by molar-refractivity contribution is -0.0592. The van der Waals surface area contributed by atoms with Gasteiger partial charge in [-0.15, -0.1) is 10.2 Å². The van der Waals surface area contributed by atoms with Crippen LogP contribution in [0.25, 0.3) is 22.6 Å². The zero-order valence-corrected chi connectivity index (χ0v) is 24.5. The molecule has 1 atom stereocenters. The minimum absolute atomic E-state index is 0.0408. The van der Waals surface area contributed by atoms with Gasteiger partial charge >= 0.3 is 0 Å². The van der Waals surface area contributed by atoms with Gasteiger partial charge in [0.05, 0.1) is 24.9 Å². The molecule has 228 valence electrons. The molecule has 1 aromatic carbocycles. The summed E-state index contributed by atoms with van der Waals surface area (Å²) < 4.78 is 54.1. The average molecular weight is 625 g/mol. The van der Waals surface area contributed by atoms with Crippen molar-refractivity contribution >= 4 is 22.8 Å². The first-order valence-electron chi connectivity index (χ1n) is 14.3. The highest BCUT2D eigenvalue weighted by molar-refractivity contribution is 6.30. The third kappa shape index (κ3) is 5.74. The van der Waals surface area contributed by atoms with Gasteiger partial charge < -0.3 is 19.0 Å². The first-order chi connectivity index (χ1) is 21.3. The highest BCUT2D eigenvalue weighted by atomic mass is 35.5. The number of fused-ring (bicyclic) bond motifs is 2. The van der Waals surface area contributed by atoms with Gasteiger partial charge in [0.2, 0.25) is 5.88 Å². The summed E-state index contributed by atoms with van der Waals surface area (Å²) in [6.07, 6.45) is 0.676. The number of hydrogen-bond donors (Lipinski definition) is 1. The number of halogens is 4. The maximum Gasteiger partial charge on any atom is 0.297 e. The maximum absolute atomic E-state index is 14.3. The normalized spacial score (nSPS) is 16.8. The summed E-state index contributed by atoms with van der Waals surface area (Å²) in [5.41, 5.74) is 5.18. The molecule has 4 aromatic heterocycles. The van der Waals surface area contributed by atoms with Gasteiger partial charge in [0.1, 0.15) is 23.8 Å². The molecule has 0 unspecified atom stereocenters. The van der Waals surface area contributed by atoms with E-state index in [2.05, 4.69) is 35.7 Å². The van der Waals surface area contributed by atoms with E-state index in [4.69, 9.17) is 31.0 Å². The minimum Gasteiger partial charge on any atom is -0.472 e. The number of pyridine rings is 2. The van der Waals surface area contributed by atoms with Gasteiger partial charge in [-0.25, -0.2) is 28.1 Å². The number of alkyl halides is 2. The van der Waals surface area contributed by atoms with E-state index in [1.807, 2.05) is 6.92 Å². The molecule has 0 saturated carbocycles. The Hall–Kier alpha value is -4.07. The van der Waals surface area contributed by atoms with Crippen molar-refractivity contribution in [2.75, 3.05) is 13.2 Å². The summed E-state index contributed by atoms with van der Waals surface area (Å²) >= 11 is 5.88. The highest BCUT2D eigenvalue weighted by Crippen LogP contribution is 2.29. The largest absolute Gasteiger partial charge is 0.472 e. The summed E-state index contributed by atoms with van der Waals surface area (Å²) in [6, 6.07) is 8.38. The molecule has 0 spiro atoms. The summed E-state index contributed by atoms with van der Waals surface area (Å²) in [5.74, 6) is 0.576. The standard InChI is InChI=1S/C30H28ClF3N8O2/c1-16-8-17-4-6-41(13-24(17)37-30(16)44-15-18-2-3-20(31)10-22(18)32)14-25-36-23-9-19(27-38-28(26(33)34)40-39-27)11-35-29(23)42(25)12-21-5-7-43-21/h2-3,8-11,21,26H,4-7,12-15H2,1H3,(H,38,39,40)/t21-/m0/s1. The first-order valence-corrected chi connectivity index (χ1v) is 14.6. The average Bonchev–Trinajstić information content (AvgIpc) is 3.60. The van der Waals surface area contributed by atoms with Crippen molar-refractivity contribution in [2.24, 2.45) is 0 Å². The van der Waals surface area contributed by atoms with E-state index in [0.29, 0.717) is 52.8 Å². The zero-order valence-electron chi connectivity index (χ0n) is 23.7. The highest BCUT2D eigenvalue weighted by Gasteiger charge is 2.26. The topological polar surface area (TPSA) is 107 Å². The van der Waals surface area contributed by atoms with Crippen molar-refractivity contribution in [3.63, 3.8) is 0 Å². The van der Waals surface area contributed by atoms with E-state index < -0.39 is 18.1 Å². The Morgan fingerprint density at radius 2 is 2.05 bits per heavy atom. The number of benzene rings is 1. The fourth-order valence-electron chi connectivity index (χ4n) is 5.51. The molecule has 0 radical (unpaired) electrons. The molecule has 1 saturated heterocycles. The van der Waals surface area contributed by atoms with Gasteiger partial charge in [0.15, 0.2) is 17.3 Å². The van der Waals surface area contributed by atoms with Crippen molar-refractivity contribution in [2.45, 2.75) is 58.5 Å². The van der Waals surface area contributed by atoms with E-state index in [-0.39, 0.29) is 18.5 Å². The molecular weight excluding hydrogens is 597 g/mol.